The molecule has 15 heavy (non-hydrogen) atoms. The van der Waals surface area contributed by atoms with Crippen LogP contribution in [0.15, 0.2) is 11.1 Å². The molecular weight excluding hydrogens is 216 g/mol. The van der Waals surface area contributed by atoms with Gasteiger partial charge in [-0.2, -0.15) is 10.4 Å². The summed E-state index contributed by atoms with van der Waals surface area (Å²) in [7, 11) is -3.56. The molecule has 0 radical (unpaired) electrons. The number of sulfonamides is 1. The molecule has 1 heterocycles. The van der Waals surface area contributed by atoms with Crippen LogP contribution in [0.2, 0.25) is 0 Å². The summed E-state index contributed by atoms with van der Waals surface area (Å²) in [5.41, 5.74) is 0.478. The number of aromatic amines is 1. The van der Waals surface area contributed by atoms with Gasteiger partial charge in [-0.1, -0.05) is 0 Å². The Hall–Kier alpha value is -1.39. The SMILES string of the molecule is Cc1[nH]ncc1S(=O)(=O)NC(C)CC#N. The topological polar surface area (TPSA) is 98.6 Å². The fourth-order valence-corrected chi connectivity index (χ4v) is 2.50. The van der Waals surface area contributed by atoms with E-state index in [0.717, 1.165) is 0 Å². The normalized spacial score (nSPS) is 13.4. The van der Waals surface area contributed by atoms with Crippen molar-refractivity contribution in [2.75, 3.05) is 0 Å². The molecule has 6 nitrogen and oxygen atoms in total. The maximum atomic E-state index is 11.7. The summed E-state index contributed by atoms with van der Waals surface area (Å²) in [6.45, 7) is 3.26. The van der Waals surface area contributed by atoms with Crippen LogP contribution in [0, 0.1) is 18.3 Å². The van der Waals surface area contributed by atoms with E-state index in [-0.39, 0.29) is 11.3 Å². The van der Waals surface area contributed by atoms with Gasteiger partial charge in [-0.05, 0) is 13.8 Å². The highest BCUT2D eigenvalue weighted by Crippen LogP contribution is 2.11. The first-order valence-electron chi connectivity index (χ1n) is 4.36. The van der Waals surface area contributed by atoms with Crippen LogP contribution in [0.5, 0.6) is 0 Å². The van der Waals surface area contributed by atoms with Gasteiger partial charge in [-0.15, -0.1) is 0 Å². The maximum Gasteiger partial charge on any atom is 0.244 e. The predicted molar refractivity (Wildman–Crippen MR) is 53.3 cm³/mol. The van der Waals surface area contributed by atoms with Gasteiger partial charge in [0.1, 0.15) is 4.90 Å². The smallest absolute Gasteiger partial charge is 0.244 e. The molecule has 1 atom stereocenters. The standard InChI is InChI=1S/C8H12N4O2S/c1-6(3-4-9)12-15(13,14)8-5-10-11-7(8)2/h5-6,12H,3H2,1-2H3,(H,10,11). The van der Waals surface area contributed by atoms with Gasteiger partial charge in [-0.3, -0.25) is 5.10 Å². The fourth-order valence-electron chi connectivity index (χ4n) is 1.12. The average molecular weight is 228 g/mol. The van der Waals surface area contributed by atoms with Crippen LogP contribution in [0.4, 0.5) is 0 Å². The van der Waals surface area contributed by atoms with E-state index in [1.54, 1.807) is 13.8 Å². The zero-order valence-electron chi connectivity index (χ0n) is 8.48. The second-order valence-corrected chi connectivity index (χ2v) is 4.93. The van der Waals surface area contributed by atoms with Crippen LogP contribution in [-0.2, 0) is 10.0 Å². The molecule has 0 fully saturated rings. The Morgan fingerprint density at radius 3 is 2.87 bits per heavy atom. The third kappa shape index (κ3) is 2.78. The van der Waals surface area contributed by atoms with E-state index in [0.29, 0.717) is 5.69 Å². The molecule has 0 spiro atoms. The molecule has 1 unspecified atom stereocenters. The minimum Gasteiger partial charge on any atom is -0.281 e. The predicted octanol–water partition coefficient (Wildman–Crippen LogP) is 0.299. The molecule has 1 aromatic rings. The van der Waals surface area contributed by atoms with Gasteiger partial charge >= 0.3 is 0 Å². The number of aromatic nitrogens is 2. The van der Waals surface area contributed by atoms with E-state index in [2.05, 4.69) is 14.9 Å². The molecule has 0 bridgehead atoms. The number of hydrogen-bond donors (Lipinski definition) is 2. The number of nitriles is 1. The monoisotopic (exact) mass is 228 g/mol. The summed E-state index contributed by atoms with van der Waals surface area (Å²) in [5, 5.41) is 14.6. The lowest BCUT2D eigenvalue weighted by Crippen LogP contribution is -2.32. The third-order valence-electron chi connectivity index (χ3n) is 1.83. The van der Waals surface area contributed by atoms with Crippen molar-refractivity contribution >= 4 is 10.0 Å². The number of nitrogens with one attached hydrogen (secondary N) is 2. The van der Waals surface area contributed by atoms with Gasteiger partial charge in [0.15, 0.2) is 0 Å². The van der Waals surface area contributed by atoms with Gasteiger partial charge in [0.25, 0.3) is 0 Å². The number of aryl methyl sites for hydroxylation is 1. The lowest BCUT2D eigenvalue weighted by molar-refractivity contribution is 0.562. The van der Waals surface area contributed by atoms with Crippen LogP contribution < -0.4 is 4.72 Å². The largest absolute Gasteiger partial charge is 0.281 e. The van der Waals surface area contributed by atoms with E-state index in [1.165, 1.54) is 6.20 Å². The zero-order chi connectivity index (χ0) is 11.5. The first-order valence-corrected chi connectivity index (χ1v) is 5.85. The molecule has 0 aliphatic rings. The minimum atomic E-state index is -3.56. The third-order valence-corrected chi connectivity index (χ3v) is 3.53. The van der Waals surface area contributed by atoms with Crippen LogP contribution in [0.1, 0.15) is 19.0 Å². The molecule has 82 valence electrons. The minimum absolute atomic E-state index is 0.118. The Morgan fingerprint density at radius 2 is 2.40 bits per heavy atom. The molecule has 0 aliphatic carbocycles. The Labute approximate surface area is 88.4 Å². The van der Waals surface area contributed by atoms with Crippen molar-refractivity contribution in [3.63, 3.8) is 0 Å². The van der Waals surface area contributed by atoms with Gasteiger partial charge < -0.3 is 0 Å². The second-order valence-electron chi connectivity index (χ2n) is 3.24. The van der Waals surface area contributed by atoms with Gasteiger partial charge in [0.05, 0.1) is 24.4 Å². The molecule has 1 aromatic heterocycles. The summed E-state index contributed by atoms with van der Waals surface area (Å²) in [6.07, 6.45) is 1.38. The second kappa shape index (κ2) is 4.42. The summed E-state index contributed by atoms with van der Waals surface area (Å²) < 4.78 is 25.8. The maximum absolute atomic E-state index is 11.7. The Balaban J connectivity index is 2.87. The van der Waals surface area contributed by atoms with E-state index in [1.807, 2.05) is 6.07 Å². The summed E-state index contributed by atoms with van der Waals surface area (Å²) in [5.74, 6) is 0. The first-order chi connectivity index (χ1) is 6.97. The Kier molecular flexibility index (Phi) is 3.44. The van der Waals surface area contributed by atoms with Crippen LogP contribution in [0.25, 0.3) is 0 Å². The van der Waals surface area contributed by atoms with Crippen LogP contribution in [0.3, 0.4) is 0 Å². The number of nitrogens with zero attached hydrogens (tertiary/aromatic N) is 2. The quantitative estimate of drug-likeness (QED) is 0.774. The lowest BCUT2D eigenvalue weighted by Gasteiger charge is -2.09. The molecule has 0 saturated carbocycles. The lowest BCUT2D eigenvalue weighted by atomic mass is 10.3. The molecule has 0 saturated heterocycles. The zero-order valence-corrected chi connectivity index (χ0v) is 9.30. The van der Waals surface area contributed by atoms with Gasteiger partial charge in [0, 0.05) is 6.04 Å². The van der Waals surface area contributed by atoms with Crippen LogP contribution >= 0.6 is 0 Å². The van der Waals surface area contributed by atoms with Crippen molar-refractivity contribution in [1.82, 2.24) is 14.9 Å². The molecular formula is C8H12N4O2S. The number of hydrogen-bond acceptors (Lipinski definition) is 4. The van der Waals surface area contributed by atoms with Crippen molar-refractivity contribution in [2.24, 2.45) is 0 Å². The molecule has 2 N–H and O–H groups in total. The molecule has 0 amide bonds. The average Bonchev–Trinajstić information content (AvgIpc) is 2.51. The highest BCUT2D eigenvalue weighted by molar-refractivity contribution is 7.89. The fraction of sp³-hybridized carbons (Fsp3) is 0.500. The van der Waals surface area contributed by atoms with Crippen molar-refractivity contribution < 1.29 is 8.42 Å². The van der Waals surface area contributed by atoms with Gasteiger partial charge in [-0.25, -0.2) is 13.1 Å². The Bertz CT molecular complexity index is 471. The first kappa shape index (κ1) is 11.7. The van der Waals surface area contributed by atoms with Crippen molar-refractivity contribution in [3.8, 4) is 6.07 Å². The molecule has 0 aliphatic heterocycles. The molecule has 0 aromatic carbocycles. The highest BCUT2D eigenvalue weighted by atomic mass is 32.2. The van der Waals surface area contributed by atoms with Gasteiger partial charge in [0.2, 0.25) is 10.0 Å². The van der Waals surface area contributed by atoms with Crippen molar-refractivity contribution in [1.29, 1.82) is 5.26 Å². The highest BCUT2D eigenvalue weighted by Gasteiger charge is 2.20. The van der Waals surface area contributed by atoms with Crippen LogP contribution in [-0.4, -0.2) is 24.7 Å². The summed E-state index contributed by atoms with van der Waals surface area (Å²) in [6, 6.07) is 1.49. The number of rotatable bonds is 4. The van der Waals surface area contributed by atoms with Crippen molar-refractivity contribution in [3.05, 3.63) is 11.9 Å². The van der Waals surface area contributed by atoms with E-state index >= 15 is 0 Å². The number of H-pyrrole nitrogens is 1. The molecule has 1 rings (SSSR count). The molecule has 7 heteroatoms. The van der Waals surface area contributed by atoms with Crippen molar-refractivity contribution in [2.45, 2.75) is 31.2 Å². The van der Waals surface area contributed by atoms with E-state index in [9.17, 15) is 8.42 Å². The van der Waals surface area contributed by atoms with E-state index in [4.69, 9.17) is 5.26 Å². The summed E-state index contributed by atoms with van der Waals surface area (Å²) in [4.78, 5) is 0.118. The Morgan fingerprint density at radius 1 is 1.73 bits per heavy atom. The van der Waals surface area contributed by atoms with E-state index < -0.39 is 16.1 Å². The summed E-state index contributed by atoms with van der Waals surface area (Å²) >= 11 is 0.